The van der Waals surface area contributed by atoms with Gasteiger partial charge in [0.1, 0.15) is 17.6 Å². The third-order valence-electron chi connectivity index (χ3n) is 5.31. The predicted octanol–water partition coefficient (Wildman–Crippen LogP) is 4.69. The van der Waals surface area contributed by atoms with Gasteiger partial charge in [-0.3, -0.25) is 0 Å². The molecule has 2 atom stereocenters. The van der Waals surface area contributed by atoms with Crippen molar-refractivity contribution in [2.24, 2.45) is 0 Å². The lowest BCUT2D eigenvalue weighted by Gasteiger charge is -2.30. The highest BCUT2D eigenvalue weighted by Gasteiger charge is 2.29. The van der Waals surface area contributed by atoms with Gasteiger partial charge in [0.2, 0.25) is 0 Å². The van der Waals surface area contributed by atoms with E-state index in [-0.39, 0.29) is 23.8 Å². The number of phenols is 1. The zero-order valence-corrected chi connectivity index (χ0v) is 16.8. The van der Waals surface area contributed by atoms with E-state index in [9.17, 15) is 9.50 Å². The van der Waals surface area contributed by atoms with E-state index in [4.69, 9.17) is 11.6 Å². The van der Waals surface area contributed by atoms with E-state index >= 15 is 0 Å². The highest BCUT2D eigenvalue weighted by molar-refractivity contribution is 6.30. The van der Waals surface area contributed by atoms with Crippen LogP contribution in [0.4, 0.5) is 4.39 Å². The maximum atomic E-state index is 13.4. The molecule has 1 aliphatic rings. The first-order valence-electron chi connectivity index (χ1n) is 9.70. The van der Waals surface area contributed by atoms with E-state index in [1.165, 1.54) is 17.7 Å². The fraction of sp³-hybridized carbons (Fsp3) is 0.167. The minimum atomic E-state index is -0.264. The first kappa shape index (κ1) is 19.5. The summed E-state index contributed by atoms with van der Waals surface area (Å²) in [4.78, 5) is 0. The molecule has 0 saturated heterocycles. The lowest BCUT2D eigenvalue weighted by Crippen LogP contribution is -2.89. The first-order chi connectivity index (χ1) is 14.0. The summed E-state index contributed by atoms with van der Waals surface area (Å²) >= 11 is 6.19. The van der Waals surface area contributed by atoms with E-state index in [1.54, 1.807) is 30.3 Å². The van der Waals surface area contributed by atoms with E-state index in [0.717, 1.165) is 28.8 Å². The summed E-state index contributed by atoms with van der Waals surface area (Å²) in [6.45, 7) is 2.13. The minimum absolute atomic E-state index is 0.134. The Morgan fingerprint density at radius 1 is 1.03 bits per heavy atom. The lowest BCUT2D eigenvalue weighted by molar-refractivity contribution is -0.731. The Morgan fingerprint density at radius 2 is 1.76 bits per heavy atom. The summed E-state index contributed by atoms with van der Waals surface area (Å²) in [5.74, 6) is -0.0631. The Labute approximate surface area is 174 Å². The molecule has 4 N–H and O–H groups in total. The summed E-state index contributed by atoms with van der Waals surface area (Å²) in [6, 6.07) is 19.9. The van der Waals surface area contributed by atoms with Crippen molar-refractivity contribution in [2.75, 3.05) is 0 Å². The number of aryl methyl sites for hydroxylation is 1. The van der Waals surface area contributed by atoms with Crippen LogP contribution in [0.5, 0.6) is 5.75 Å². The maximum Gasteiger partial charge on any atom is 0.186 e. The number of nitrogens with one attached hydrogen (secondary N) is 1. The molecule has 0 amide bonds. The minimum Gasteiger partial charge on any atom is -0.507 e. The van der Waals surface area contributed by atoms with Gasteiger partial charge in [0.15, 0.2) is 6.17 Å². The van der Waals surface area contributed by atoms with Crippen LogP contribution in [0.1, 0.15) is 41.4 Å². The molecule has 0 radical (unpaired) electrons. The monoisotopic (exact) mass is 409 g/mol. The molecule has 4 rings (SSSR count). The number of benzene rings is 3. The molecular formula is C24H23ClFN2O+. The van der Waals surface area contributed by atoms with Crippen molar-refractivity contribution in [2.45, 2.75) is 25.6 Å². The third kappa shape index (κ3) is 4.29. The Bertz CT molecular complexity index is 1030. The SMILES string of the molecule is CCc1ccc(C2=CC(c3cc(Cl)ccc3O)[NH2+]C(c3ccc(F)cc3)N2)cc1. The van der Waals surface area contributed by atoms with Gasteiger partial charge >= 0.3 is 0 Å². The van der Waals surface area contributed by atoms with Crippen LogP contribution in [-0.2, 0) is 6.42 Å². The third-order valence-corrected chi connectivity index (χ3v) is 5.54. The van der Waals surface area contributed by atoms with Crippen LogP contribution < -0.4 is 10.6 Å². The van der Waals surface area contributed by atoms with Gasteiger partial charge in [-0.05, 0) is 60.0 Å². The van der Waals surface area contributed by atoms with E-state index in [0.29, 0.717) is 5.02 Å². The number of quaternary nitrogens is 1. The average Bonchev–Trinajstić information content (AvgIpc) is 2.75. The largest absolute Gasteiger partial charge is 0.507 e. The normalized spacial score (nSPS) is 18.8. The number of hydrogen-bond donors (Lipinski definition) is 3. The molecule has 148 valence electrons. The fourth-order valence-corrected chi connectivity index (χ4v) is 3.84. The summed E-state index contributed by atoms with van der Waals surface area (Å²) in [5, 5.41) is 16.6. The van der Waals surface area contributed by atoms with Crippen molar-refractivity contribution in [3.8, 4) is 5.75 Å². The molecule has 0 aromatic heterocycles. The standard InChI is InChI=1S/C24H22ClFN2O/c1-2-15-3-5-16(6-4-15)21-14-22(20-13-18(25)9-12-23(20)29)28-24(27-21)17-7-10-19(26)11-8-17/h3-14,22,24,27-29H,2H2,1H3/p+1. The van der Waals surface area contributed by atoms with Crippen LogP contribution in [0.15, 0.2) is 72.8 Å². The summed E-state index contributed by atoms with van der Waals surface area (Å²) < 4.78 is 13.4. The number of nitrogens with two attached hydrogens (primary N) is 1. The van der Waals surface area contributed by atoms with Gasteiger partial charge in [0.25, 0.3) is 0 Å². The number of phenolic OH excluding ortho intramolecular Hbond substituents is 1. The van der Waals surface area contributed by atoms with Crippen molar-refractivity contribution in [3.63, 3.8) is 0 Å². The Kier molecular flexibility index (Phi) is 5.56. The van der Waals surface area contributed by atoms with E-state index in [1.807, 2.05) is 0 Å². The Morgan fingerprint density at radius 3 is 2.45 bits per heavy atom. The number of rotatable bonds is 4. The number of halogens is 2. The highest BCUT2D eigenvalue weighted by Crippen LogP contribution is 2.31. The lowest BCUT2D eigenvalue weighted by atomic mass is 9.97. The zero-order chi connectivity index (χ0) is 20.4. The van der Waals surface area contributed by atoms with Crippen molar-refractivity contribution in [1.82, 2.24) is 5.32 Å². The van der Waals surface area contributed by atoms with Crippen molar-refractivity contribution >= 4 is 17.3 Å². The molecule has 1 heterocycles. The second kappa shape index (κ2) is 8.27. The summed E-state index contributed by atoms with van der Waals surface area (Å²) in [5.41, 5.74) is 5.00. The number of hydrogen-bond acceptors (Lipinski definition) is 2. The topological polar surface area (TPSA) is 48.9 Å². The molecule has 3 nitrogen and oxygen atoms in total. The van der Waals surface area contributed by atoms with Crippen LogP contribution in [0.2, 0.25) is 5.02 Å². The molecule has 2 unspecified atom stereocenters. The molecule has 3 aromatic carbocycles. The van der Waals surface area contributed by atoms with Crippen LogP contribution in [-0.4, -0.2) is 5.11 Å². The van der Waals surface area contributed by atoms with Gasteiger partial charge in [-0.2, -0.15) is 0 Å². The first-order valence-corrected chi connectivity index (χ1v) is 10.1. The molecule has 3 aromatic rings. The molecule has 0 fully saturated rings. The van der Waals surface area contributed by atoms with Gasteiger partial charge in [-0.25, -0.2) is 4.39 Å². The fourth-order valence-electron chi connectivity index (χ4n) is 3.66. The van der Waals surface area contributed by atoms with Crippen LogP contribution >= 0.6 is 11.6 Å². The summed E-state index contributed by atoms with van der Waals surface area (Å²) in [7, 11) is 0. The molecule has 1 aliphatic heterocycles. The maximum absolute atomic E-state index is 13.4. The van der Waals surface area contributed by atoms with Crippen molar-refractivity contribution in [1.29, 1.82) is 0 Å². The van der Waals surface area contributed by atoms with Crippen molar-refractivity contribution < 1.29 is 14.8 Å². The van der Waals surface area contributed by atoms with E-state index < -0.39 is 0 Å². The van der Waals surface area contributed by atoms with Crippen molar-refractivity contribution in [3.05, 3.63) is 106 Å². The molecule has 0 aliphatic carbocycles. The highest BCUT2D eigenvalue weighted by atomic mass is 35.5. The van der Waals surface area contributed by atoms with E-state index in [2.05, 4.69) is 47.9 Å². The molecule has 0 spiro atoms. The predicted molar refractivity (Wildman–Crippen MR) is 114 cm³/mol. The molecular weight excluding hydrogens is 387 g/mol. The molecule has 5 heteroatoms. The van der Waals surface area contributed by atoms with Gasteiger partial charge in [-0.1, -0.05) is 42.8 Å². The second-order valence-corrected chi connectivity index (χ2v) is 7.66. The number of aromatic hydroxyl groups is 1. The molecule has 29 heavy (non-hydrogen) atoms. The smallest absolute Gasteiger partial charge is 0.186 e. The molecule has 0 saturated carbocycles. The van der Waals surface area contributed by atoms with Gasteiger partial charge in [0.05, 0.1) is 5.56 Å². The Hall–Kier alpha value is -2.82. The zero-order valence-electron chi connectivity index (χ0n) is 16.1. The van der Waals surface area contributed by atoms with Gasteiger partial charge < -0.3 is 15.7 Å². The molecule has 0 bridgehead atoms. The summed E-state index contributed by atoms with van der Waals surface area (Å²) in [6.07, 6.45) is 2.94. The Balaban J connectivity index is 1.75. The van der Waals surface area contributed by atoms with Gasteiger partial charge in [-0.15, -0.1) is 0 Å². The average molecular weight is 410 g/mol. The van der Waals surface area contributed by atoms with Crippen LogP contribution in [0.25, 0.3) is 5.70 Å². The van der Waals surface area contributed by atoms with Gasteiger partial charge in [0, 0.05) is 22.4 Å². The quantitative estimate of drug-likeness (QED) is 0.585. The van der Waals surface area contributed by atoms with Crippen LogP contribution in [0.3, 0.4) is 0 Å². The van der Waals surface area contributed by atoms with Crippen LogP contribution in [0, 0.1) is 5.82 Å². The second-order valence-electron chi connectivity index (χ2n) is 7.23.